The minimum Gasteiger partial charge on any atom is -0.380 e. The summed E-state index contributed by atoms with van der Waals surface area (Å²) in [4.78, 5) is 50.5. The molecule has 5 rings (SSSR count). The third-order valence-electron chi connectivity index (χ3n) is 6.93. The fraction of sp³-hybridized carbons (Fsp3) is 0.462. The number of likely N-dealkylation sites (tertiary alicyclic amines) is 1. The number of thioether (sulfide) groups is 1. The molecule has 0 unspecified atom stereocenters. The number of amides is 3. The van der Waals surface area contributed by atoms with E-state index in [-0.39, 0.29) is 23.4 Å². The lowest BCUT2D eigenvalue weighted by molar-refractivity contribution is -0.136. The molecule has 2 aromatic rings. The Kier molecular flexibility index (Phi) is 7.87. The average molecular weight is 537 g/mol. The van der Waals surface area contributed by atoms with Gasteiger partial charge in [-0.3, -0.25) is 19.8 Å². The van der Waals surface area contributed by atoms with Crippen LogP contribution in [0.4, 0.5) is 16.4 Å². The van der Waals surface area contributed by atoms with Crippen molar-refractivity contribution < 1.29 is 23.9 Å². The predicted molar refractivity (Wildman–Crippen MR) is 139 cm³/mol. The van der Waals surface area contributed by atoms with Crippen LogP contribution in [0.3, 0.4) is 0 Å². The highest BCUT2D eigenvalue weighted by Gasteiger charge is 2.33. The third kappa shape index (κ3) is 5.36. The van der Waals surface area contributed by atoms with Gasteiger partial charge < -0.3 is 14.4 Å². The Hall–Kier alpha value is -3.53. The van der Waals surface area contributed by atoms with E-state index in [1.807, 2.05) is 6.07 Å². The SMILES string of the molecule is CO[C@@H]1CCN(Cc2cc3c(nc2C=O)N(C(=O)Nc2cc(S[C@H]4CCOC4)c(C#N)cn2)CCC3)C1=O. The van der Waals surface area contributed by atoms with Gasteiger partial charge in [-0.1, -0.05) is 0 Å². The molecule has 2 fully saturated rings. The number of nitrogens with one attached hydrogen (secondary N) is 1. The summed E-state index contributed by atoms with van der Waals surface area (Å²) in [6, 6.07) is 5.32. The summed E-state index contributed by atoms with van der Waals surface area (Å²) in [5.74, 6) is 0.652. The first-order valence-corrected chi connectivity index (χ1v) is 13.4. The minimum absolute atomic E-state index is 0.101. The number of hydrogen-bond donors (Lipinski definition) is 1. The molecule has 0 aliphatic carbocycles. The van der Waals surface area contributed by atoms with Crippen molar-refractivity contribution >= 4 is 41.6 Å². The maximum Gasteiger partial charge on any atom is 0.328 e. The number of ether oxygens (including phenoxy) is 2. The molecule has 2 aromatic heterocycles. The number of fused-ring (bicyclic) bond motifs is 1. The second-order valence-corrected chi connectivity index (χ2v) is 10.7. The Bertz CT molecular complexity index is 1290. The van der Waals surface area contributed by atoms with Crippen molar-refractivity contribution in [2.24, 2.45) is 0 Å². The number of rotatable bonds is 7. The zero-order chi connectivity index (χ0) is 26.6. The summed E-state index contributed by atoms with van der Waals surface area (Å²) in [5, 5.41) is 12.6. The van der Waals surface area contributed by atoms with E-state index >= 15 is 0 Å². The highest BCUT2D eigenvalue weighted by molar-refractivity contribution is 8.00. The van der Waals surface area contributed by atoms with Crippen LogP contribution in [-0.4, -0.2) is 77.9 Å². The fourth-order valence-corrected chi connectivity index (χ4v) is 6.07. The lowest BCUT2D eigenvalue weighted by atomic mass is 10.0. The van der Waals surface area contributed by atoms with Gasteiger partial charge >= 0.3 is 6.03 Å². The molecule has 11 nitrogen and oxygen atoms in total. The fourth-order valence-electron chi connectivity index (χ4n) is 4.92. The molecule has 3 aliphatic heterocycles. The molecule has 1 N–H and O–H groups in total. The minimum atomic E-state index is -0.458. The second kappa shape index (κ2) is 11.5. The van der Waals surface area contributed by atoms with Gasteiger partial charge in [-0.2, -0.15) is 5.26 Å². The lowest BCUT2D eigenvalue weighted by Crippen LogP contribution is -2.40. The van der Waals surface area contributed by atoms with Gasteiger partial charge in [0.15, 0.2) is 6.29 Å². The topological polar surface area (TPSA) is 138 Å². The van der Waals surface area contributed by atoms with Gasteiger partial charge in [-0.25, -0.2) is 14.8 Å². The molecule has 2 atom stereocenters. The summed E-state index contributed by atoms with van der Waals surface area (Å²) >= 11 is 1.55. The van der Waals surface area contributed by atoms with Crippen molar-refractivity contribution in [3.63, 3.8) is 0 Å². The van der Waals surface area contributed by atoms with Crippen molar-refractivity contribution in [3.05, 3.63) is 40.7 Å². The largest absolute Gasteiger partial charge is 0.380 e. The predicted octanol–water partition coefficient (Wildman–Crippen LogP) is 2.77. The number of aromatic nitrogens is 2. The number of anilines is 2. The van der Waals surface area contributed by atoms with E-state index in [1.54, 1.807) is 22.7 Å². The Morgan fingerprint density at radius 1 is 1.37 bits per heavy atom. The van der Waals surface area contributed by atoms with Crippen molar-refractivity contribution in [3.8, 4) is 6.07 Å². The number of nitriles is 1. The number of urea groups is 1. The van der Waals surface area contributed by atoms with E-state index in [2.05, 4.69) is 21.4 Å². The van der Waals surface area contributed by atoms with E-state index in [9.17, 15) is 19.6 Å². The third-order valence-corrected chi connectivity index (χ3v) is 8.23. The zero-order valence-electron chi connectivity index (χ0n) is 21.0. The van der Waals surface area contributed by atoms with Crippen LogP contribution in [0.2, 0.25) is 0 Å². The second-order valence-electron chi connectivity index (χ2n) is 9.37. The van der Waals surface area contributed by atoms with Crippen LogP contribution in [0.15, 0.2) is 23.2 Å². The molecule has 0 spiro atoms. The van der Waals surface area contributed by atoms with Crippen molar-refractivity contribution in [2.45, 2.75) is 48.5 Å². The smallest absolute Gasteiger partial charge is 0.328 e. The summed E-state index contributed by atoms with van der Waals surface area (Å²) in [6.45, 7) is 2.56. The van der Waals surface area contributed by atoms with Gasteiger partial charge in [0.2, 0.25) is 0 Å². The Balaban J connectivity index is 1.34. The van der Waals surface area contributed by atoms with E-state index < -0.39 is 12.1 Å². The normalized spacial score (nSPS) is 20.8. The van der Waals surface area contributed by atoms with E-state index in [0.717, 1.165) is 23.3 Å². The molecule has 0 saturated carbocycles. The molecule has 2 saturated heterocycles. The van der Waals surface area contributed by atoms with E-state index in [4.69, 9.17) is 9.47 Å². The Labute approximate surface area is 224 Å². The van der Waals surface area contributed by atoms with Crippen LogP contribution in [-0.2, 0) is 27.2 Å². The summed E-state index contributed by atoms with van der Waals surface area (Å²) in [6.07, 6.45) is 4.59. The summed E-state index contributed by atoms with van der Waals surface area (Å²) in [7, 11) is 1.51. The molecule has 0 bridgehead atoms. The first-order valence-electron chi connectivity index (χ1n) is 12.5. The van der Waals surface area contributed by atoms with Crippen LogP contribution in [0, 0.1) is 11.3 Å². The van der Waals surface area contributed by atoms with Crippen molar-refractivity contribution in [1.82, 2.24) is 14.9 Å². The molecule has 38 heavy (non-hydrogen) atoms. The van der Waals surface area contributed by atoms with E-state index in [1.165, 1.54) is 18.2 Å². The number of aldehydes is 1. The van der Waals surface area contributed by atoms with Gasteiger partial charge in [0.1, 0.15) is 29.5 Å². The number of carbonyl (C=O) groups excluding carboxylic acids is 3. The van der Waals surface area contributed by atoms with Gasteiger partial charge in [0, 0.05) is 61.7 Å². The maximum absolute atomic E-state index is 13.3. The quantitative estimate of drug-likeness (QED) is 0.529. The molecule has 3 amide bonds. The monoisotopic (exact) mass is 536 g/mol. The maximum atomic E-state index is 13.3. The molecule has 12 heteroatoms. The van der Waals surface area contributed by atoms with Crippen molar-refractivity contribution in [2.75, 3.05) is 43.6 Å². The number of aryl methyl sites for hydroxylation is 1. The first-order chi connectivity index (χ1) is 18.5. The van der Waals surface area contributed by atoms with Crippen LogP contribution in [0.25, 0.3) is 0 Å². The first kappa shape index (κ1) is 26.1. The van der Waals surface area contributed by atoms with E-state index in [0.29, 0.717) is 68.2 Å². The van der Waals surface area contributed by atoms with Gasteiger partial charge in [-0.05, 0) is 37.0 Å². The molecule has 198 valence electrons. The van der Waals surface area contributed by atoms with Gasteiger partial charge in [0.05, 0.1) is 12.2 Å². The number of carbonyl (C=O) groups is 3. The van der Waals surface area contributed by atoms with Crippen LogP contribution >= 0.6 is 11.8 Å². The van der Waals surface area contributed by atoms with Crippen LogP contribution in [0.1, 0.15) is 46.4 Å². The zero-order valence-corrected chi connectivity index (χ0v) is 21.8. The van der Waals surface area contributed by atoms with Gasteiger partial charge in [-0.15, -0.1) is 11.8 Å². The number of pyridine rings is 2. The highest BCUT2D eigenvalue weighted by atomic mass is 32.2. The van der Waals surface area contributed by atoms with Crippen molar-refractivity contribution in [1.29, 1.82) is 5.26 Å². The standard InChI is InChI=1S/C26H28N6O5S/c1-36-21-4-7-31(25(21)34)13-17-9-16-3-2-6-32(24(16)29-20(17)14-33)26(35)30-23-10-22(18(11-27)12-28-23)38-19-5-8-37-15-19/h9-10,12,14,19,21H,2-8,13,15H2,1H3,(H,28,30,35)/t19-,21+/m0/s1. The molecular weight excluding hydrogens is 508 g/mol. The van der Waals surface area contributed by atoms with Crippen LogP contribution < -0.4 is 10.2 Å². The average Bonchev–Trinajstić information content (AvgIpc) is 3.57. The molecular formula is C26H28N6O5S. The number of hydrogen-bond acceptors (Lipinski definition) is 9. The molecule has 0 radical (unpaired) electrons. The summed E-state index contributed by atoms with van der Waals surface area (Å²) in [5.41, 5.74) is 2.14. The van der Waals surface area contributed by atoms with Gasteiger partial charge in [0.25, 0.3) is 5.91 Å². The lowest BCUT2D eigenvalue weighted by Gasteiger charge is -2.29. The molecule has 5 heterocycles. The highest BCUT2D eigenvalue weighted by Crippen LogP contribution is 2.33. The molecule has 3 aliphatic rings. The summed E-state index contributed by atoms with van der Waals surface area (Å²) < 4.78 is 10.7. The Morgan fingerprint density at radius 2 is 2.24 bits per heavy atom. The Morgan fingerprint density at radius 3 is 2.95 bits per heavy atom. The van der Waals surface area contributed by atoms with Crippen LogP contribution in [0.5, 0.6) is 0 Å². The number of methoxy groups -OCH3 is 1. The number of nitrogens with zero attached hydrogens (tertiary/aromatic N) is 5. The molecule has 0 aromatic carbocycles.